The molecule has 0 unspecified atom stereocenters. The minimum atomic E-state index is -0.535. The quantitative estimate of drug-likeness (QED) is 0.712. The number of nitrogens with one attached hydrogen (secondary N) is 1. The number of hydrogen-bond donors (Lipinski definition) is 1. The highest BCUT2D eigenvalue weighted by atomic mass is 16.5. The van der Waals surface area contributed by atoms with Gasteiger partial charge in [0.15, 0.2) is 11.5 Å². The third-order valence-corrected chi connectivity index (χ3v) is 5.44. The number of benzene rings is 1. The third kappa shape index (κ3) is 4.17. The number of nitrogens with zero attached hydrogens (tertiary/aromatic N) is 2. The lowest BCUT2D eigenvalue weighted by Gasteiger charge is -2.27. The van der Waals surface area contributed by atoms with Crippen LogP contribution in [0.4, 0.5) is 0 Å². The Bertz CT molecular complexity index is 903. The fourth-order valence-corrected chi connectivity index (χ4v) is 3.90. The second-order valence-electron chi connectivity index (χ2n) is 7.08. The summed E-state index contributed by atoms with van der Waals surface area (Å²) in [4.78, 5) is 31.1. The van der Waals surface area contributed by atoms with Crippen LogP contribution in [0, 0.1) is 5.92 Å². The largest absolute Gasteiger partial charge is 0.493 e. The molecular formula is C22H27N3O5. The predicted octanol–water partition coefficient (Wildman–Crippen LogP) is 1.99. The van der Waals surface area contributed by atoms with E-state index in [9.17, 15) is 9.59 Å². The summed E-state index contributed by atoms with van der Waals surface area (Å²) in [5, 5.41) is 2.97. The monoisotopic (exact) mass is 413 g/mol. The minimum Gasteiger partial charge on any atom is -0.493 e. The summed E-state index contributed by atoms with van der Waals surface area (Å²) < 4.78 is 16.4. The van der Waals surface area contributed by atoms with Gasteiger partial charge >= 0.3 is 0 Å². The van der Waals surface area contributed by atoms with Crippen LogP contribution in [0.1, 0.15) is 23.6 Å². The molecule has 1 fully saturated rings. The second-order valence-corrected chi connectivity index (χ2v) is 7.08. The molecule has 2 heterocycles. The van der Waals surface area contributed by atoms with Crippen molar-refractivity contribution in [2.75, 3.05) is 34.9 Å². The maximum Gasteiger partial charge on any atom is 0.226 e. The minimum absolute atomic E-state index is 0.0916. The van der Waals surface area contributed by atoms with Gasteiger partial charge in [-0.3, -0.25) is 14.6 Å². The van der Waals surface area contributed by atoms with Gasteiger partial charge < -0.3 is 24.4 Å². The van der Waals surface area contributed by atoms with Crippen LogP contribution >= 0.6 is 0 Å². The number of methoxy groups -OCH3 is 3. The molecule has 0 spiro atoms. The van der Waals surface area contributed by atoms with Crippen LogP contribution in [0.15, 0.2) is 36.7 Å². The maximum absolute atomic E-state index is 13.0. The first kappa shape index (κ1) is 21.4. The van der Waals surface area contributed by atoms with E-state index in [1.165, 1.54) is 14.2 Å². The highest BCUT2D eigenvalue weighted by Crippen LogP contribution is 2.47. The molecule has 1 saturated heterocycles. The number of pyridine rings is 1. The van der Waals surface area contributed by atoms with Crippen LogP contribution in [0.2, 0.25) is 0 Å². The zero-order chi connectivity index (χ0) is 21.7. The van der Waals surface area contributed by atoms with Gasteiger partial charge in [0.05, 0.1) is 33.3 Å². The molecule has 1 aliphatic heterocycles. The number of aromatic nitrogens is 1. The molecule has 0 saturated carbocycles. The number of likely N-dealkylation sites (tertiary alicyclic amines) is 1. The van der Waals surface area contributed by atoms with Gasteiger partial charge in [-0.15, -0.1) is 0 Å². The van der Waals surface area contributed by atoms with Gasteiger partial charge in [-0.05, 0) is 36.2 Å². The van der Waals surface area contributed by atoms with E-state index >= 15 is 0 Å². The molecule has 2 aromatic rings. The molecule has 2 atom stereocenters. The highest BCUT2D eigenvalue weighted by molar-refractivity contribution is 5.90. The van der Waals surface area contributed by atoms with E-state index in [-0.39, 0.29) is 18.2 Å². The average Bonchev–Trinajstić information content (AvgIpc) is 3.07. The molecule has 8 nitrogen and oxygen atoms in total. The van der Waals surface area contributed by atoms with E-state index in [0.29, 0.717) is 35.8 Å². The number of ether oxygens (including phenoxy) is 3. The molecular weight excluding hydrogens is 386 g/mol. The molecule has 1 aliphatic rings. The van der Waals surface area contributed by atoms with E-state index in [1.807, 2.05) is 18.2 Å². The normalized spacial score (nSPS) is 18.3. The Balaban J connectivity index is 1.83. The Labute approximate surface area is 176 Å². The van der Waals surface area contributed by atoms with Crippen molar-refractivity contribution in [3.05, 3.63) is 47.8 Å². The number of rotatable bonds is 8. The molecule has 160 valence electrons. The summed E-state index contributed by atoms with van der Waals surface area (Å²) in [6, 6.07) is 6.93. The van der Waals surface area contributed by atoms with Gasteiger partial charge in [0.1, 0.15) is 0 Å². The lowest BCUT2D eigenvalue weighted by molar-refractivity contribution is -0.128. The molecule has 0 bridgehead atoms. The second kappa shape index (κ2) is 9.47. The maximum atomic E-state index is 13.0. The number of carbonyl (C=O) groups excluding carboxylic acids is 2. The van der Waals surface area contributed by atoms with Crippen molar-refractivity contribution < 1.29 is 23.8 Å². The Morgan fingerprint density at radius 3 is 2.43 bits per heavy atom. The molecule has 1 aromatic carbocycles. The molecule has 0 aliphatic carbocycles. The van der Waals surface area contributed by atoms with E-state index in [2.05, 4.69) is 10.3 Å². The molecule has 3 rings (SSSR count). The fraction of sp³-hybridized carbons (Fsp3) is 0.409. The fourth-order valence-electron chi connectivity index (χ4n) is 3.90. The van der Waals surface area contributed by atoms with Crippen LogP contribution in [-0.2, 0) is 16.0 Å². The SMILES string of the molecule is COc1ccc([C@H]2[C@H](C(=O)NCCc3ccncc3)CC(=O)N2C)c(OC)c1OC. The zero-order valence-corrected chi connectivity index (χ0v) is 17.7. The van der Waals surface area contributed by atoms with E-state index in [0.717, 1.165) is 5.56 Å². The van der Waals surface area contributed by atoms with Gasteiger partial charge in [0.2, 0.25) is 17.6 Å². The number of hydrogen-bond acceptors (Lipinski definition) is 6. The summed E-state index contributed by atoms with van der Waals surface area (Å²) in [7, 11) is 6.30. The van der Waals surface area contributed by atoms with E-state index in [1.54, 1.807) is 37.5 Å². The highest BCUT2D eigenvalue weighted by Gasteiger charge is 2.44. The Kier molecular flexibility index (Phi) is 6.76. The van der Waals surface area contributed by atoms with Crippen molar-refractivity contribution in [3.63, 3.8) is 0 Å². The summed E-state index contributed by atoms with van der Waals surface area (Å²) in [6.45, 7) is 0.479. The van der Waals surface area contributed by atoms with Gasteiger partial charge in [-0.2, -0.15) is 0 Å². The van der Waals surface area contributed by atoms with Crippen molar-refractivity contribution in [2.45, 2.75) is 18.9 Å². The van der Waals surface area contributed by atoms with Crippen molar-refractivity contribution in [1.29, 1.82) is 0 Å². The molecule has 1 N–H and O–H groups in total. The molecule has 2 amide bonds. The zero-order valence-electron chi connectivity index (χ0n) is 17.7. The third-order valence-electron chi connectivity index (χ3n) is 5.44. The Hall–Kier alpha value is -3.29. The topological polar surface area (TPSA) is 90.0 Å². The molecule has 8 heteroatoms. The van der Waals surface area contributed by atoms with Gasteiger partial charge in [0, 0.05) is 38.0 Å². The first-order chi connectivity index (χ1) is 14.5. The summed E-state index contributed by atoms with van der Waals surface area (Å²) >= 11 is 0. The van der Waals surface area contributed by atoms with Crippen molar-refractivity contribution >= 4 is 11.8 Å². The summed E-state index contributed by atoms with van der Waals surface area (Å²) in [5.41, 5.74) is 1.79. The molecule has 0 radical (unpaired) electrons. The average molecular weight is 413 g/mol. The van der Waals surface area contributed by atoms with Crippen molar-refractivity contribution in [3.8, 4) is 17.2 Å². The summed E-state index contributed by atoms with van der Waals surface area (Å²) in [6.07, 6.45) is 4.27. The first-order valence-electron chi connectivity index (χ1n) is 9.73. The van der Waals surface area contributed by atoms with Crippen LogP contribution in [0.5, 0.6) is 17.2 Å². The lowest BCUT2D eigenvalue weighted by Crippen LogP contribution is -2.35. The summed E-state index contributed by atoms with van der Waals surface area (Å²) in [5.74, 6) is 0.616. The van der Waals surface area contributed by atoms with Crippen LogP contribution in [0.3, 0.4) is 0 Å². The predicted molar refractivity (Wildman–Crippen MR) is 111 cm³/mol. The lowest BCUT2D eigenvalue weighted by atomic mass is 9.91. The Morgan fingerprint density at radius 2 is 1.80 bits per heavy atom. The van der Waals surface area contributed by atoms with Gasteiger partial charge in [-0.1, -0.05) is 0 Å². The van der Waals surface area contributed by atoms with Crippen molar-refractivity contribution in [1.82, 2.24) is 15.2 Å². The van der Waals surface area contributed by atoms with Crippen LogP contribution in [-0.4, -0.2) is 56.6 Å². The van der Waals surface area contributed by atoms with Crippen molar-refractivity contribution in [2.24, 2.45) is 5.92 Å². The van der Waals surface area contributed by atoms with Gasteiger partial charge in [-0.25, -0.2) is 0 Å². The first-order valence-corrected chi connectivity index (χ1v) is 9.73. The van der Waals surface area contributed by atoms with E-state index < -0.39 is 12.0 Å². The smallest absolute Gasteiger partial charge is 0.226 e. The molecule has 1 aromatic heterocycles. The van der Waals surface area contributed by atoms with E-state index in [4.69, 9.17) is 14.2 Å². The standard InChI is InChI=1S/C22H27N3O5/c1-25-18(26)13-16(22(27)24-12-9-14-7-10-23-11-8-14)19(25)15-5-6-17(28-2)21(30-4)20(15)29-3/h5-8,10-11,16,19H,9,12-13H2,1-4H3,(H,24,27)/t16-,19+/m1/s1. The number of amides is 2. The molecule has 30 heavy (non-hydrogen) atoms. The van der Waals surface area contributed by atoms with Gasteiger partial charge in [0.25, 0.3) is 0 Å². The van der Waals surface area contributed by atoms with Crippen LogP contribution < -0.4 is 19.5 Å². The Morgan fingerprint density at radius 1 is 1.10 bits per heavy atom. The number of carbonyl (C=O) groups is 2. The van der Waals surface area contributed by atoms with Crippen LogP contribution in [0.25, 0.3) is 0 Å².